The maximum absolute atomic E-state index is 12.2. The van der Waals surface area contributed by atoms with Gasteiger partial charge in [-0.25, -0.2) is 13.1 Å². The molecule has 0 unspecified atom stereocenters. The average Bonchev–Trinajstić information content (AvgIpc) is 2.45. The molecule has 0 radical (unpaired) electrons. The minimum atomic E-state index is -3.67. The summed E-state index contributed by atoms with van der Waals surface area (Å²) in [5.41, 5.74) is 1.13. The molecule has 0 spiro atoms. The van der Waals surface area contributed by atoms with Gasteiger partial charge in [-0.1, -0.05) is 41.9 Å². The number of benzene rings is 2. The Kier molecular flexibility index (Phi) is 4.77. The van der Waals surface area contributed by atoms with Crippen LogP contribution in [0.25, 0.3) is 0 Å². The topological polar surface area (TPSA) is 66.4 Å². The van der Waals surface area contributed by atoms with Crippen molar-refractivity contribution in [1.29, 1.82) is 0 Å². The maximum atomic E-state index is 12.2. The van der Waals surface area contributed by atoms with Crippen molar-refractivity contribution >= 4 is 21.6 Å². The zero-order valence-electron chi connectivity index (χ0n) is 10.6. The molecule has 0 atom stereocenters. The van der Waals surface area contributed by atoms with E-state index < -0.39 is 10.0 Å². The second kappa shape index (κ2) is 6.37. The molecule has 0 aliphatic carbocycles. The highest BCUT2D eigenvalue weighted by Gasteiger charge is 2.17. The molecular weight excluding hydrogens is 298 g/mol. The molecule has 2 rings (SSSR count). The monoisotopic (exact) mass is 311 g/mol. The van der Waals surface area contributed by atoms with E-state index in [2.05, 4.69) is 4.72 Å². The van der Waals surface area contributed by atoms with Crippen molar-refractivity contribution in [3.63, 3.8) is 0 Å². The third-order valence-corrected chi connectivity index (χ3v) is 4.52. The van der Waals surface area contributed by atoms with Gasteiger partial charge in [-0.15, -0.1) is 0 Å². The van der Waals surface area contributed by atoms with Crippen LogP contribution in [0.3, 0.4) is 0 Å². The molecule has 0 aromatic heterocycles. The first-order valence-electron chi connectivity index (χ1n) is 5.96. The largest absolute Gasteiger partial charge is 0.392 e. The third-order valence-electron chi connectivity index (χ3n) is 2.79. The van der Waals surface area contributed by atoms with Crippen molar-refractivity contribution in [2.75, 3.05) is 0 Å². The van der Waals surface area contributed by atoms with Gasteiger partial charge in [0.1, 0.15) is 0 Å². The first kappa shape index (κ1) is 15.0. The molecule has 0 aliphatic rings. The van der Waals surface area contributed by atoms with Crippen molar-refractivity contribution in [2.24, 2.45) is 0 Å². The van der Waals surface area contributed by atoms with Gasteiger partial charge in [-0.05, 0) is 29.3 Å². The zero-order chi connectivity index (χ0) is 14.6. The summed E-state index contributed by atoms with van der Waals surface area (Å²) in [7, 11) is -3.67. The van der Waals surface area contributed by atoms with Crippen LogP contribution in [0.5, 0.6) is 0 Å². The van der Waals surface area contributed by atoms with Crippen molar-refractivity contribution in [3.05, 3.63) is 64.7 Å². The van der Waals surface area contributed by atoms with Crippen LogP contribution in [-0.2, 0) is 23.2 Å². The van der Waals surface area contributed by atoms with E-state index in [9.17, 15) is 13.5 Å². The number of hydrogen-bond donors (Lipinski definition) is 2. The first-order chi connectivity index (χ1) is 9.53. The van der Waals surface area contributed by atoms with Crippen molar-refractivity contribution in [2.45, 2.75) is 18.0 Å². The Morgan fingerprint density at radius 2 is 1.85 bits per heavy atom. The molecule has 2 aromatic rings. The molecule has 0 aliphatic heterocycles. The Morgan fingerprint density at radius 1 is 1.10 bits per heavy atom. The van der Waals surface area contributed by atoms with Gasteiger partial charge in [0.2, 0.25) is 10.0 Å². The molecule has 0 heterocycles. The van der Waals surface area contributed by atoms with Crippen LogP contribution in [0.1, 0.15) is 11.1 Å². The Hall–Kier alpha value is -1.40. The second-order valence-corrected chi connectivity index (χ2v) is 6.39. The molecule has 0 saturated heterocycles. The molecule has 6 heteroatoms. The number of aliphatic hydroxyl groups excluding tert-OH is 1. The van der Waals surface area contributed by atoms with Crippen molar-refractivity contribution in [1.82, 2.24) is 4.72 Å². The summed E-state index contributed by atoms with van der Waals surface area (Å²) in [5, 5.41) is 9.75. The summed E-state index contributed by atoms with van der Waals surface area (Å²) in [6.07, 6.45) is 0. The van der Waals surface area contributed by atoms with Crippen molar-refractivity contribution < 1.29 is 13.5 Å². The Morgan fingerprint density at radius 3 is 2.55 bits per heavy atom. The van der Waals surface area contributed by atoms with E-state index in [0.29, 0.717) is 10.6 Å². The van der Waals surface area contributed by atoms with Crippen LogP contribution in [0.4, 0.5) is 0 Å². The molecule has 20 heavy (non-hydrogen) atoms. The van der Waals surface area contributed by atoms with Crippen LogP contribution in [0.15, 0.2) is 53.4 Å². The fraction of sp³-hybridized carbons (Fsp3) is 0.143. The number of hydrogen-bond acceptors (Lipinski definition) is 3. The minimum Gasteiger partial charge on any atom is -0.392 e. The number of aliphatic hydroxyl groups is 1. The van der Waals surface area contributed by atoms with E-state index in [0.717, 1.165) is 5.56 Å². The highest BCUT2D eigenvalue weighted by molar-refractivity contribution is 7.89. The SMILES string of the molecule is O=S(=O)(NCc1cccc(Cl)c1)c1ccccc1CO. The van der Waals surface area contributed by atoms with E-state index in [4.69, 9.17) is 11.6 Å². The standard InChI is InChI=1S/C14H14ClNO3S/c15-13-6-3-4-11(8-13)9-16-20(18,19)14-7-2-1-5-12(14)10-17/h1-8,16-17H,9-10H2. The lowest BCUT2D eigenvalue weighted by Crippen LogP contribution is -2.24. The van der Waals surface area contributed by atoms with E-state index in [1.807, 2.05) is 0 Å². The normalized spacial score (nSPS) is 11.5. The molecule has 2 N–H and O–H groups in total. The summed E-state index contributed by atoms with van der Waals surface area (Å²) in [6, 6.07) is 13.3. The van der Waals surface area contributed by atoms with E-state index >= 15 is 0 Å². The lowest BCUT2D eigenvalue weighted by Gasteiger charge is -2.10. The van der Waals surface area contributed by atoms with E-state index in [1.165, 1.54) is 6.07 Å². The predicted molar refractivity (Wildman–Crippen MR) is 77.8 cm³/mol. The van der Waals surface area contributed by atoms with Gasteiger partial charge in [0.25, 0.3) is 0 Å². The Balaban J connectivity index is 2.19. The summed E-state index contributed by atoms with van der Waals surface area (Å²) >= 11 is 5.85. The zero-order valence-corrected chi connectivity index (χ0v) is 12.2. The van der Waals surface area contributed by atoms with Crippen molar-refractivity contribution in [3.8, 4) is 0 Å². The molecule has 0 amide bonds. The third kappa shape index (κ3) is 3.58. The quantitative estimate of drug-likeness (QED) is 0.890. The lowest BCUT2D eigenvalue weighted by molar-refractivity contribution is 0.278. The number of rotatable bonds is 5. The Bertz CT molecular complexity index is 701. The van der Waals surface area contributed by atoms with Gasteiger partial charge in [0, 0.05) is 11.6 Å². The Labute approximate surface area is 123 Å². The predicted octanol–water partition coefficient (Wildman–Crippen LogP) is 2.31. The van der Waals surface area contributed by atoms with Crippen LogP contribution in [0.2, 0.25) is 5.02 Å². The molecule has 0 bridgehead atoms. The fourth-order valence-corrected chi connectivity index (χ4v) is 3.26. The smallest absolute Gasteiger partial charge is 0.241 e. The van der Waals surface area contributed by atoms with Crippen LogP contribution in [-0.4, -0.2) is 13.5 Å². The van der Waals surface area contributed by atoms with Crippen LogP contribution in [0, 0.1) is 0 Å². The summed E-state index contributed by atoms with van der Waals surface area (Å²) in [6.45, 7) is -0.184. The first-order valence-corrected chi connectivity index (χ1v) is 7.82. The van der Waals surface area contributed by atoms with Gasteiger partial charge in [-0.2, -0.15) is 0 Å². The summed E-state index contributed by atoms with van der Waals surface area (Å²) in [4.78, 5) is 0.0875. The van der Waals surface area contributed by atoms with Gasteiger partial charge in [-0.3, -0.25) is 0 Å². The maximum Gasteiger partial charge on any atom is 0.241 e. The van der Waals surface area contributed by atoms with Gasteiger partial charge >= 0.3 is 0 Å². The van der Waals surface area contributed by atoms with Gasteiger partial charge in [0.05, 0.1) is 11.5 Å². The lowest BCUT2D eigenvalue weighted by atomic mass is 10.2. The number of sulfonamides is 1. The number of halogens is 1. The van der Waals surface area contributed by atoms with E-state index in [1.54, 1.807) is 42.5 Å². The molecular formula is C14H14ClNO3S. The second-order valence-electron chi connectivity index (χ2n) is 4.22. The fourth-order valence-electron chi connectivity index (χ4n) is 1.80. The summed E-state index contributed by atoms with van der Waals surface area (Å²) in [5.74, 6) is 0. The molecule has 2 aromatic carbocycles. The van der Waals surface area contributed by atoms with Gasteiger partial charge < -0.3 is 5.11 Å². The van der Waals surface area contributed by atoms with Crippen LogP contribution < -0.4 is 4.72 Å². The average molecular weight is 312 g/mol. The molecule has 106 valence electrons. The van der Waals surface area contributed by atoms with Gasteiger partial charge in [0.15, 0.2) is 0 Å². The molecule has 4 nitrogen and oxygen atoms in total. The highest BCUT2D eigenvalue weighted by atomic mass is 35.5. The highest BCUT2D eigenvalue weighted by Crippen LogP contribution is 2.16. The van der Waals surface area contributed by atoms with Crippen LogP contribution >= 0.6 is 11.6 Å². The minimum absolute atomic E-state index is 0.0875. The number of nitrogens with one attached hydrogen (secondary N) is 1. The summed E-state index contributed by atoms with van der Waals surface area (Å²) < 4.78 is 26.9. The molecule has 0 fully saturated rings. The van der Waals surface area contributed by atoms with E-state index in [-0.39, 0.29) is 18.0 Å². The molecule has 0 saturated carbocycles.